The lowest BCUT2D eigenvalue weighted by Gasteiger charge is -2.04. The van der Waals surface area contributed by atoms with Crippen molar-refractivity contribution < 1.29 is 19.2 Å². The van der Waals surface area contributed by atoms with Gasteiger partial charge in [-0.3, -0.25) is 14.9 Å². The van der Waals surface area contributed by atoms with Crippen molar-refractivity contribution in [2.24, 2.45) is 0 Å². The van der Waals surface area contributed by atoms with Crippen molar-refractivity contribution >= 4 is 46.6 Å². The standard InChI is InChI=1S/C16H10Cl2N2O5/c17-11-3-2-10(6-12(11)18)19-16(21)4-1-9-5-14-15(25-8-24-14)7-13(9)20(22)23/h1-7H,8H2,(H,19,21)/b4-1+. The molecule has 9 heteroatoms. The van der Waals surface area contributed by atoms with E-state index in [9.17, 15) is 14.9 Å². The molecular weight excluding hydrogens is 371 g/mol. The third kappa shape index (κ3) is 3.84. The van der Waals surface area contributed by atoms with Gasteiger partial charge in [0.05, 0.1) is 26.6 Å². The van der Waals surface area contributed by atoms with Crippen LogP contribution in [0.25, 0.3) is 6.08 Å². The Balaban J connectivity index is 1.80. The highest BCUT2D eigenvalue weighted by Gasteiger charge is 2.22. The Morgan fingerprint density at radius 2 is 1.88 bits per heavy atom. The number of nitro benzene ring substituents is 1. The Labute approximate surface area is 151 Å². The molecule has 0 aliphatic carbocycles. The van der Waals surface area contributed by atoms with Gasteiger partial charge in [0.15, 0.2) is 11.5 Å². The van der Waals surface area contributed by atoms with E-state index in [1.807, 2.05) is 0 Å². The number of hydrogen-bond acceptors (Lipinski definition) is 5. The van der Waals surface area contributed by atoms with Crippen LogP contribution in [-0.4, -0.2) is 17.6 Å². The number of carbonyl (C=O) groups excluding carboxylic acids is 1. The molecule has 7 nitrogen and oxygen atoms in total. The molecule has 1 aliphatic rings. The summed E-state index contributed by atoms with van der Waals surface area (Å²) in [5, 5.41) is 14.4. The minimum atomic E-state index is -0.557. The molecule has 1 amide bonds. The fraction of sp³-hybridized carbons (Fsp3) is 0.0625. The van der Waals surface area contributed by atoms with Gasteiger partial charge in [0.2, 0.25) is 12.7 Å². The Hall–Kier alpha value is -2.77. The number of carbonyl (C=O) groups is 1. The number of nitrogens with zero attached hydrogens (tertiary/aromatic N) is 1. The van der Waals surface area contributed by atoms with E-state index in [-0.39, 0.29) is 18.0 Å². The smallest absolute Gasteiger partial charge is 0.280 e. The Kier molecular flexibility index (Phi) is 4.78. The Bertz CT molecular complexity index is 898. The molecule has 3 rings (SSSR count). The maximum Gasteiger partial charge on any atom is 0.280 e. The van der Waals surface area contributed by atoms with Crippen LogP contribution < -0.4 is 14.8 Å². The van der Waals surface area contributed by atoms with Crippen molar-refractivity contribution in [2.75, 3.05) is 12.1 Å². The molecule has 0 atom stereocenters. The number of ether oxygens (including phenoxy) is 2. The summed E-state index contributed by atoms with van der Waals surface area (Å²) < 4.78 is 10.3. The van der Waals surface area contributed by atoms with Crippen LogP contribution in [0.15, 0.2) is 36.4 Å². The van der Waals surface area contributed by atoms with E-state index in [1.54, 1.807) is 12.1 Å². The fourth-order valence-electron chi connectivity index (χ4n) is 2.16. The molecule has 2 aromatic rings. The number of nitro groups is 1. The van der Waals surface area contributed by atoms with Gasteiger partial charge in [0, 0.05) is 11.8 Å². The highest BCUT2D eigenvalue weighted by atomic mass is 35.5. The summed E-state index contributed by atoms with van der Waals surface area (Å²) in [6, 6.07) is 7.34. The van der Waals surface area contributed by atoms with Crippen LogP contribution in [-0.2, 0) is 4.79 Å². The van der Waals surface area contributed by atoms with Crippen molar-refractivity contribution in [3.8, 4) is 11.5 Å². The molecular formula is C16H10Cl2N2O5. The predicted octanol–water partition coefficient (Wildman–Crippen LogP) is 4.28. The summed E-state index contributed by atoms with van der Waals surface area (Å²) in [4.78, 5) is 22.6. The minimum Gasteiger partial charge on any atom is -0.454 e. The topological polar surface area (TPSA) is 90.7 Å². The van der Waals surface area contributed by atoms with Crippen LogP contribution in [0.3, 0.4) is 0 Å². The number of hydrogen-bond donors (Lipinski definition) is 1. The Morgan fingerprint density at radius 1 is 1.16 bits per heavy atom. The summed E-state index contributed by atoms with van der Waals surface area (Å²) >= 11 is 11.7. The number of anilines is 1. The normalized spacial score (nSPS) is 12.4. The summed E-state index contributed by atoms with van der Waals surface area (Å²) in [5.74, 6) is 0.199. The van der Waals surface area contributed by atoms with E-state index in [4.69, 9.17) is 32.7 Å². The van der Waals surface area contributed by atoms with Crippen LogP contribution in [0.5, 0.6) is 11.5 Å². The average molecular weight is 381 g/mol. The second-order valence-electron chi connectivity index (χ2n) is 4.97. The van der Waals surface area contributed by atoms with Crippen molar-refractivity contribution in [1.29, 1.82) is 0 Å². The first-order valence-corrected chi connectivity index (χ1v) is 7.72. The lowest BCUT2D eigenvalue weighted by Crippen LogP contribution is -2.07. The number of halogens is 2. The summed E-state index contributed by atoms with van der Waals surface area (Å²) in [6.07, 6.45) is 2.50. The van der Waals surface area contributed by atoms with E-state index in [0.717, 1.165) is 0 Å². The van der Waals surface area contributed by atoms with Gasteiger partial charge in [0.25, 0.3) is 5.69 Å². The lowest BCUT2D eigenvalue weighted by molar-refractivity contribution is -0.385. The summed E-state index contributed by atoms with van der Waals surface area (Å²) in [7, 11) is 0. The predicted molar refractivity (Wildman–Crippen MR) is 93.3 cm³/mol. The molecule has 0 saturated heterocycles. The highest BCUT2D eigenvalue weighted by Crippen LogP contribution is 2.38. The number of fused-ring (bicyclic) bond motifs is 1. The van der Waals surface area contributed by atoms with Crippen LogP contribution in [0.2, 0.25) is 10.0 Å². The molecule has 0 saturated carbocycles. The molecule has 1 heterocycles. The summed E-state index contributed by atoms with van der Waals surface area (Å²) in [5.41, 5.74) is 0.477. The minimum absolute atomic E-state index is 0.00251. The first kappa shape index (κ1) is 17.1. The molecule has 0 bridgehead atoms. The largest absolute Gasteiger partial charge is 0.454 e. The number of nitrogens with one attached hydrogen (secondary N) is 1. The fourth-order valence-corrected chi connectivity index (χ4v) is 2.46. The third-order valence-corrected chi connectivity index (χ3v) is 4.06. The molecule has 0 spiro atoms. The SMILES string of the molecule is O=C(/C=C/c1cc2c(cc1[N+](=O)[O-])OCO2)Nc1ccc(Cl)c(Cl)c1. The molecule has 2 aromatic carbocycles. The van der Waals surface area contributed by atoms with Gasteiger partial charge in [0.1, 0.15) is 0 Å². The van der Waals surface area contributed by atoms with Gasteiger partial charge in [-0.1, -0.05) is 23.2 Å². The molecule has 25 heavy (non-hydrogen) atoms. The van der Waals surface area contributed by atoms with Crippen LogP contribution in [0, 0.1) is 10.1 Å². The van der Waals surface area contributed by atoms with Gasteiger partial charge >= 0.3 is 0 Å². The second kappa shape index (κ2) is 7.00. The van der Waals surface area contributed by atoms with Crippen LogP contribution in [0.1, 0.15) is 5.56 Å². The van der Waals surface area contributed by atoms with Gasteiger partial charge in [-0.15, -0.1) is 0 Å². The first-order chi connectivity index (χ1) is 11.9. The zero-order valence-corrected chi connectivity index (χ0v) is 14.0. The summed E-state index contributed by atoms with van der Waals surface area (Å²) in [6.45, 7) is -0.00251. The molecule has 1 N–H and O–H groups in total. The maximum atomic E-state index is 12.0. The highest BCUT2D eigenvalue weighted by molar-refractivity contribution is 6.42. The van der Waals surface area contributed by atoms with Gasteiger partial charge in [-0.05, 0) is 30.3 Å². The average Bonchev–Trinajstić information content (AvgIpc) is 3.02. The monoisotopic (exact) mass is 380 g/mol. The molecule has 1 aliphatic heterocycles. The molecule has 0 aromatic heterocycles. The number of benzene rings is 2. The van der Waals surface area contributed by atoms with E-state index >= 15 is 0 Å². The van der Waals surface area contributed by atoms with Gasteiger partial charge in [-0.2, -0.15) is 0 Å². The van der Waals surface area contributed by atoms with Crippen LogP contribution >= 0.6 is 23.2 Å². The van der Waals surface area contributed by atoms with E-state index in [2.05, 4.69) is 5.32 Å². The maximum absolute atomic E-state index is 12.0. The van der Waals surface area contributed by atoms with E-state index < -0.39 is 10.8 Å². The number of rotatable bonds is 4. The van der Waals surface area contributed by atoms with Crippen molar-refractivity contribution in [2.45, 2.75) is 0 Å². The van der Waals surface area contributed by atoms with E-state index in [0.29, 0.717) is 27.2 Å². The van der Waals surface area contributed by atoms with E-state index in [1.165, 1.54) is 30.4 Å². The molecule has 0 fully saturated rings. The van der Waals surface area contributed by atoms with Crippen LogP contribution in [0.4, 0.5) is 11.4 Å². The molecule has 128 valence electrons. The Morgan fingerprint density at radius 3 is 2.56 bits per heavy atom. The van der Waals surface area contributed by atoms with Crippen molar-refractivity contribution in [3.05, 3.63) is 62.1 Å². The van der Waals surface area contributed by atoms with Crippen molar-refractivity contribution in [1.82, 2.24) is 0 Å². The lowest BCUT2D eigenvalue weighted by atomic mass is 10.1. The quantitative estimate of drug-likeness (QED) is 0.485. The first-order valence-electron chi connectivity index (χ1n) is 6.96. The molecule has 0 radical (unpaired) electrons. The van der Waals surface area contributed by atoms with Gasteiger partial charge in [-0.25, -0.2) is 0 Å². The number of amides is 1. The van der Waals surface area contributed by atoms with Gasteiger partial charge < -0.3 is 14.8 Å². The zero-order chi connectivity index (χ0) is 18.0. The third-order valence-electron chi connectivity index (χ3n) is 3.32. The zero-order valence-electron chi connectivity index (χ0n) is 12.5. The second-order valence-corrected chi connectivity index (χ2v) is 5.79. The van der Waals surface area contributed by atoms with Crippen molar-refractivity contribution in [3.63, 3.8) is 0 Å². The molecule has 0 unspecified atom stereocenters.